The summed E-state index contributed by atoms with van der Waals surface area (Å²) in [6.07, 6.45) is 1.65. The third kappa shape index (κ3) is 3.35. The average Bonchev–Trinajstić information content (AvgIpc) is 2.32. The molecule has 0 unspecified atom stereocenters. The lowest BCUT2D eigenvalue weighted by Crippen LogP contribution is -1.90. The molecule has 2 rings (SSSR count). The maximum absolute atomic E-state index is 6.04. The molecule has 0 aliphatic heterocycles. The van der Waals surface area contributed by atoms with E-state index in [4.69, 9.17) is 27.9 Å². The Kier molecular flexibility index (Phi) is 4.26. The topological polar surface area (TPSA) is 22.1 Å². The highest BCUT2D eigenvalue weighted by molar-refractivity contribution is 9.10. The van der Waals surface area contributed by atoms with E-state index in [1.54, 1.807) is 12.3 Å². The van der Waals surface area contributed by atoms with Gasteiger partial charge in [0.15, 0.2) is 0 Å². The number of alkyl halides is 1. The SMILES string of the molecule is ClCc1cnc(Oc2cccc(Br)c2)c(Cl)c1. The van der Waals surface area contributed by atoms with Crippen LogP contribution >= 0.6 is 39.1 Å². The predicted octanol–water partition coefficient (Wildman–Crippen LogP) is 5.03. The fourth-order valence-corrected chi connectivity index (χ4v) is 2.01. The van der Waals surface area contributed by atoms with E-state index in [0.29, 0.717) is 22.5 Å². The summed E-state index contributed by atoms with van der Waals surface area (Å²) in [5.41, 5.74) is 0.859. The monoisotopic (exact) mass is 331 g/mol. The number of halogens is 3. The number of hydrogen-bond donors (Lipinski definition) is 0. The van der Waals surface area contributed by atoms with Gasteiger partial charge in [-0.1, -0.05) is 33.6 Å². The van der Waals surface area contributed by atoms with E-state index in [1.165, 1.54) is 0 Å². The summed E-state index contributed by atoms with van der Waals surface area (Å²) < 4.78 is 6.51. The van der Waals surface area contributed by atoms with Crippen molar-refractivity contribution in [3.05, 3.63) is 51.6 Å². The molecule has 0 atom stereocenters. The minimum atomic E-state index is 0.374. The second kappa shape index (κ2) is 5.71. The zero-order valence-corrected chi connectivity index (χ0v) is 11.8. The largest absolute Gasteiger partial charge is 0.438 e. The Hall–Kier alpha value is -0.770. The van der Waals surface area contributed by atoms with E-state index < -0.39 is 0 Å². The number of nitrogens with zero attached hydrogens (tertiary/aromatic N) is 1. The normalized spacial score (nSPS) is 10.3. The molecule has 0 N–H and O–H groups in total. The van der Waals surface area contributed by atoms with Crippen LogP contribution in [0.25, 0.3) is 0 Å². The van der Waals surface area contributed by atoms with Gasteiger partial charge in [-0.2, -0.15) is 0 Å². The molecule has 0 saturated carbocycles. The van der Waals surface area contributed by atoms with Gasteiger partial charge in [0, 0.05) is 16.5 Å². The third-order valence-corrected chi connectivity index (χ3v) is 3.10. The highest BCUT2D eigenvalue weighted by Crippen LogP contribution is 2.29. The molecule has 0 aliphatic rings. The van der Waals surface area contributed by atoms with Gasteiger partial charge in [0.2, 0.25) is 5.88 Å². The van der Waals surface area contributed by atoms with Crippen molar-refractivity contribution in [2.75, 3.05) is 0 Å². The van der Waals surface area contributed by atoms with E-state index in [1.807, 2.05) is 24.3 Å². The van der Waals surface area contributed by atoms with Gasteiger partial charge in [-0.15, -0.1) is 11.6 Å². The molecule has 17 heavy (non-hydrogen) atoms. The van der Waals surface area contributed by atoms with Crippen LogP contribution in [0.1, 0.15) is 5.56 Å². The van der Waals surface area contributed by atoms with Crippen LogP contribution in [0, 0.1) is 0 Å². The number of rotatable bonds is 3. The van der Waals surface area contributed by atoms with Crippen molar-refractivity contribution >= 4 is 39.1 Å². The number of pyridine rings is 1. The summed E-state index contributed by atoms with van der Waals surface area (Å²) >= 11 is 15.1. The molecular formula is C12H8BrCl2NO. The fraction of sp³-hybridized carbons (Fsp3) is 0.0833. The van der Waals surface area contributed by atoms with Gasteiger partial charge < -0.3 is 4.74 Å². The number of aromatic nitrogens is 1. The summed E-state index contributed by atoms with van der Waals surface area (Å²) in [4.78, 5) is 4.12. The first-order valence-electron chi connectivity index (χ1n) is 4.83. The van der Waals surface area contributed by atoms with Gasteiger partial charge in [-0.05, 0) is 29.8 Å². The van der Waals surface area contributed by atoms with E-state index in [-0.39, 0.29) is 0 Å². The molecule has 0 amide bonds. The van der Waals surface area contributed by atoms with Crippen LogP contribution in [-0.2, 0) is 5.88 Å². The zero-order valence-electron chi connectivity index (χ0n) is 8.66. The Morgan fingerprint density at radius 3 is 2.76 bits per heavy atom. The Morgan fingerprint density at radius 1 is 1.29 bits per heavy atom. The molecule has 0 aliphatic carbocycles. The maximum Gasteiger partial charge on any atom is 0.238 e. The molecule has 1 aromatic carbocycles. The molecule has 0 bridgehead atoms. The number of hydrogen-bond acceptors (Lipinski definition) is 2. The van der Waals surface area contributed by atoms with E-state index in [0.717, 1.165) is 10.0 Å². The van der Waals surface area contributed by atoms with Crippen molar-refractivity contribution in [1.82, 2.24) is 4.98 Å². The maximum atomic E-state index is 6.04. The zero-order chi connectivity index (χ0) is 12.3. The Labute approximate surface area is 118 Å². The van der Waals surface area contributed by atoms with Gasteiger partial charge in [0.1, 0.15) is 10.8 Å². The standard InChI is InChI=1S/C12H8BrCl2NO/c13-9-2-1-3-10(5-9)17-12-11(15)4-8(6-14)7-16-12/h1-5,7H,6H2. The molecule has 1 heterocycles. The molecule has 0 fully saturated rings. The molecule has 2 nitrogen and oxygen atoms in total. The number of ether oxygens (including phenoxy) is 1. The van der Waals surface area contributed by atoms with E-state index in [9.17, 15) is 0 Å². The van der Waals surface area contributed by atoms with Crippen LogP contribution in [0.5, 0.6) is 11.6 Å². The summed E-state index contributed by atoms with van der Waals surface area (Å²) in [5.74, 6) is 1.43. The third-order valence-electron chi connectivity index (χ3n) is 2.03. The quantitative estimate of drug-likeness (QED) is 0.735. The van der Waals surface area contributed by atoms with Crippen molar-refractivity contribution < 1.29 is 4.74 Å². The Bertz CT molecular complexity index is 534. The van der Waals surface area contributed by atoms with Gasteiger partial charge in [-0.3, -0.25) is 0 Å². The highest BCUT2D eigenvalue weighted by Gasteiger charge is 2.06. The van der Waals surface area contributed by atoms with Crippen LogP contribution in [0.15, 0.2) is 41.0 Å². The van der Waals surface area contributed by atoms with Crippen molar-refractivity contribution in [3.63, 3.8) is 0 Å². The summed E-state index contributed by atoms with van der Waals surface area (Å²) in [6.45, 7) is 0. The van der Waals surface area contributed by atoms with Crippen molar-refractivity contribution in [2.24, 2.45) is 0 Å². The first-order chi connectivity index (χ1) is 8.19. The molecule has 0 saturated heterocycles. The van der Waals surface area contributed by atoms with Crippen molar-refractivity contribution in [3.8, 4) is 11.6 Å². The molecule has 88 valence electrons. The summed E-state index contributed by atoms with van der Waals surface area (Å²) in [5, 5.41) is 0.447. The first kappa shape index (κ1) is 12.7. The molecule has 2 aromatic rings. The minimum absolute atomic E-state index is 0.374. The Morgan fingerprint density at radius 2 is 2.12 bits per heavy atom. The molecular weight excluding hydrogens is 325 g/mol. The lowest BCUT2D eigenvalue weighted by atomic mass is 10.3. The smallest absolute Gasteiger partial charge is 0.238 e. The van der Waals surface area contributed by atoms with Crippen LogP contribution in [0.3, 0.4) is 0 Å². The highest BCUT2D eigenvalue weighted by atomic mass is 79.9. The average molecular weight is 333 g/mol. The molecule has 1 aromatic heterocycles. The van der Waals surface area contributed by atoms with Gasteiger partial charge >= 0.3 is 0 Å². The van der Waals surface area contributed by atoms with E-state index in [2.05, 4.69) is 20.9 Å². The van der Waals surface area contributed by atoms with E-state index >= 15 is 0 Å². The van der Waals surface area contributed by atoms with Gasteiger partial charge in [-0.25, -0.2) is 4.98 Å². The fourth-order valence-electron chi connectivity index (χ4n) is 1.26. The minimum Gasteiger partial charge on any atom is -0.438 e. The van der Waals surface area contributed by atoms with Crippen molar-refractivity contribution in [2.45, 2.75) is 5.88 Å². The van der Waals surface area contributed by atoms with Crippen LogP contribution in [0.2, 0.25) is 5.02 Å². The van der Waals surface area contributed by atoms with Gasteiger partial charge in [0.05, 0.1) is 0 Å². The van der Waals surface area contributed by atoms with Crippen LogP contribution in [0.4, 0.5) is 0 Å². The van der Waals surface area contributed by atoms with Crippen LogP contribution in [-0.4, -0.2) is 4.98 Å². The van der Waals surface area contributed by atoms with Gasteiger partial charge in [0.25, 0.3) is 0 Å². The predicted molar refractivity (Wildman–Crippen MR) is 73.0 cm³/mol. The second-order valence-electron chi connectivity index (χ2n) is 3.32. The molecule has 0 spiro atoms. The lowest BCUT2D eigenvalue weighted by molar-refractivity contribution is 0.462. The first-order valence-corrected chi connectivity index (χ1v) is 6.53. The summed E-state index contributed by atoms with van der Waals surface area (Å²) in [7, 11) is 0. The lowest BCUT2D eigenvalue weighted by Gasteiger charge is -2.07. The molecule has 5 heteroatoms. The second-order valence-corrected chi connectivity index (χ2v) is 4.91. The Balaban J connectivity index is 2.24. The number of benzene rings is 1. The van der Waals surface area contributed by atoms with Crippen molar-refractivity contribution in [1.29, 1.82) is 0 Å². The molecule has 0 radical (unpaired) electrons. The van der Waals surface area contributed by atoms with Crippen LogP contribution < -0.4 is 4.74 Å². The summed E-state index contributed by atoms with van der Waals surface area (Å²) in [6, 6.07) is 9.21.